The van der Waals surface area contributed by atoms with Gasteiger partial charge >= 0.3 is 0 Å². The zero-order valence-corrected chi connectivity index (χ0v) is 12.8. The zero-order valence-electron chi connectivity index (χ0n) is 11.9. The van der Waals surface area contributed by atoms with Crippen LogP contribution in [0.25, 0.3) is 0 Å². The molecule has 5 nitrogen and oxygen atoms in total. The molecule has 2 aromatic rings. The van der Waals surface area contributed by atoms with Crippen molar-refractivity contribution < 1.29 is 4.79 Å². The number of aromatic nitrogens is 4. The molecule has 106 valence electrons. The third kappa shape index (κ3) is 2.52. The van der Waals surface area contributed by atoms with Crippen molar-refractivity contribution in [3.63, 3.8) is 0 Å². The van der Waals surface area contributed by atoms with Gasteiger partial charge in [-0.3, -0.25) is 9.89 Å². The van der Waals surface area contributed by atoms with E-state index >= 15 is 0 Å². The normalized spacial score (nSPS) is 14.8. The SMILES string of the molecule is Cc1nc(SCC(=O)c2cc(C)n(C3CC3)c2C)n[nH]1. The fourth-order valence-electron chi connectivity index (χ4n) is 2.55. The molecule has 0 atom stereocenters. The van der Waals surface area contributed by atoms with Crippen LogP contribution in [0.2, 0.25) is 0 Å². The number of aromatic amines is 1. The monoisotopic (exact) mass is 290 g/mol. The van der Waals surface area contributed by atoms with Gasteiger partial charge in [0.05, 0.1) is 5.75 Å². The number of H-pyrrole nitrogens is 1. The predicted octanol–water partition coefficient (Wildman–Crippen LogP) is 2.84. The highest BCUT2D eigenvalue weighted by atomic mass is 32.2. The van der Waals surface area contributed by atoms with Crippen LogP contribution in [0, 0.1) is 20.8 Å². The molecule has 2 heterocycles. The summed E-state index contributed by atoms with van der Waals surface area (Å²) in [5.41, 5.74) is 3.13. The molecule has 1 aliphatic carbocycles. The quantitative estimate of drug-likeness (QED) is 0.679. The number of rotatable bonds is 5. The largest absolute Gasteiger partial charge is 0.345 e. The van der Waals surface area contributed by atoms with Crippen molar-refractivity contribution in [2.24, 2.45) is 0 Å². The number of carbonyl (C=O) groups is 1. The van der Waals surface area contributed by atoms with Gasteiger partial charge in [0.25, 0.3) is 0 Å². The topological polar surface area (TPSA) is 63.6 Å². The lowest BCUT2D eigenvalue weighted by Gasteiger charge is -2.07. The molecule has 0 radical (unpaired) electrons. The Balaban J connectivity index is 1.72. The molecule has 1 N–H and O–H groups in total. The second kappa shape index (κ2) is 5.09. The number of carbonyl (C=O) groups excluding carboxylic acids is 1. The maximum atomic E-state index is 12.4. The van der Waals surface area contributed by atoms with Crippen molar-refractivity contribution in [3.8, 4) is 0 Å². The summed E-state index contributed by atoms with van der Waals surface area (Å²) in [6, 6.07) is 2.62. The molecule has 1 aliphatic rings. The Morgan fingerprint density at radius 1 is 1.45 bits per heavy atom. The van der Waals surface area contributed by atoms with E-state index in [1.165, 1.54) is 30.3 Å². The molecule has 6 heteroatoms. The van der Waals surface area contributed by atoms with Gasteiger partial charge in [-0.1, -0.05) is 11.8 Å². The van der Waals surface area contributed by atoms with Crippen molar-refractivity contribution in [2.45, 2.75) is 44.8 Å². The lowest BCUT2D eigenvalue weighted by molar-refractivity contribution is 0.102. The van der Waals surface area contributed by atoms with Crippen LogP contribution < -0.4 is 0 Å². The fraction of sp³-hybridized carbons (Fsp3) is 0.500. The minimum absolute atomic E-state index is 0.150. The number of nitrogens with zero attached hydrogens (tertiary/aromatic N) is 3. The molecule has 2 aromatic heterocycles. The van der Waals surface area contributed by atoms with Gasteiger partial charge in [-0.2, -0.15) is 0 Å². The third-order valence-electron chi connectivity index (χ3n) is 3.61. The van der Waals surface area contributed by atoms with Crippen molar-refractivity contribution in [1.82, 2.24) is 19.7 Å². The molecule has 0 saturated heterocycles. The minimum atomic E-state index is 0.150. The lowest BCUT2D eigenvalue weighted by atomic mass is 10.2. The van der Waals surface area contributed by atoms with Crippen LogP contribution >= 0.6 is 11.8 Å². The Bertz CT molecular complexity index is 654. The summed E-state index contributed by atoms with van der Waals surface area (Å²) in [4.78, 5) is 16.6. The molecular formula is C14H18N4OS. The molecule has 0 unspecified atom stereocenters. The summed E-state index contributed by atoms with van der Waals surface area (Å²) >= 11 is 1.38. The third-order valence-corrected chi connectivity index (χ3v) is 4.45. The summed E-state index contributed by atoms with van der Waals surface area (Å²) in [5.74, 6) is 1.30. The molecule has 1 fully saturated rings. The van der Waals surface area contributed by atoms with Gasteiger partial charge < -0.3 is 4.57 Å². The van der Waals surface area contributed by atoms with Crippen LogP contribution in [0.4, 0.5) is 0 Å². The van der Waals surface area contributed by atoms with Gasteiger partial charge in [-0.05, 0) is 39.7 Å². The number of hydrogen-bond acceptors (Lipinski definition) is 4. The number of thioether (sulfide) groups is 1. The van der Waals surface area contributed by atoms with Crippen LogP contribution in [0.3, 0.4) is 0 Å². The molecule has 0 spiro atoms. The first kappa shape index (κ1) is 13.4. The fourth-order valence-corrected chi connectivity index (χ4v) is 3.28. The number of nitrogens with one attached hydrogen (secondary N) is 1. The highest BCUT2D eigenvalue weighted by Crippen LogP contribution is 2.38. The molecule has 0 amide bonds. The van der Waals surface area contributed by atoms with Crippen LogP contribution in [-0.2, 0) is 0 Å². The first-order valence-corrected chi connectivity index (χ1v) is 7.78. The Morgan fingerprint density at radius 3 is 2.80 bits per heavy atom. The van der Waals surface area contributed by atoms with Crippen LogP contribution in [0.1, 0.15) is 46.5 Å². The number of Topliss-reactive ketones (excluding diaryl/α,β-unsaturated/α-hetero) is 1. The van der Waals surface area contributed by atoms with E-state index in [2.05, 4.69) is 26.7 Å². The van der Waals surface area contributed by atoms with E-state index in [-0.39, 0.29) is 5.78 Å². The molecule has 20 heavy (non-hydrogen) atoms. The van der Waals surface area contributed by atoms with Crippen molar-refractivity contribution >= 4 is 17.5 Å². The number of aryl methyl sites for hydroxylation is 2. The van der Waals surface area contributed by atoms with Crippen LogP contribution in [0.5, 0.6) is 0 Å². The Hall–Kier alpha value is -1.56. The molecule has 3 rings (SSSR count). The van der Waals surface area contributed by atoms with Gasteiger partial charge in [0, 0.05) is 23.0 Å². The lowest BCUT2D eigenvalue weighted by Crippen LogP contribution is -2.06. The summed E-state index contributed by atoms with van der Waals surface area (Å²) in [7, 11) is 0. The summed E-state index contributed by atoms with van der Waals surface area (Å²) in [6.45, 7) is 5.97. The molecule has 0 bridgehead atoms. The maximum absolute atomic E-state index is 12.4. The standard InChI is InChI=1S/C14H18N4OS/c1-8-6-12(9(2)18(8)11-4-5-11)13(19)7-20-14-15-10(3)16-17-14/h6,11H,4-5,7H2,1-3H3,(H,15,16,17). The first-order valence-electron chi connectivity index (χ1n) is 6.79. The molecule has 1 saturated carbocycles. The summed E-state index contributed by atoms with van der Waals surface area (Å²) in [5, 5.41) is 7.45. The van der Waals surface area contributed by atoms with E-state index in [1.807, 2.05) is 19.9 Å². The van der Waals surface area contributed by atoms with Crippen LogP contribution in [-0.4, -0.2) is 31.3 Å². The van der Waals surface area contributed by atoms with Gasteiger partial charge in [0.1, 0.15) is 5.82 Å². The zero-order chi connectivity index (χ0) is 14.3. The minimum Gasteiger partial charge on any atom is -0.345 e. The van der Waals surface area contributed by atoms with Crippen molar-refractivity contribution in [1.29, 1.82) is 0 Å². The Labute approximate surface area is 122 Å². The van der Waals surface area contributed by atoms with Gasteiger partial charge in [0.15, 0.2) is 5.78 Å². The van der Waals surface area contributed by atoms with Gasteiger partial charge in [0.2, 0.25) is 5.16 Å². The Kier molecular flexibility index (Phi) is 3.41. The highest BCUT2D eigenvalue weighted by molar-refractivity contribution is 7.99. The summed E-state index contributed by atoms with van der Waals surface area (Å²) < 4.78 is 2.30. The average molecular weight is 290 g/mol. The predicted molar refractivity (Wildman–Crippen MR) is 78.4 cm³/mol. The summed E-state index contributed by atoms with van der Waals surface area (Å²) in [6.07, 6.45) is 2.46. The molecule has 0 aliphatic heterocycles. The van der Waals surface area contributed by atoms with Crippen molar-refractivity contribution in [3.05, 3.63) is 28.8 Å². The average Bonchev–Trinajstić information content (AvgIpc) is 3.08. The number of ketones is 1. The second-order valence-electron chi connectivity index (χ2n) is 5.30. The first-order chi connectivity index (χ1) is 9.56. The van der Waals surface area contributed by atoms with Crippen LogP contribution in [0.15, 0.2) is 11.2 Å². The molecule has 0 aromatic carbocycles. The van der Waals surface area contributed by atoms with E-state index in [0.29, 0.717) is 17.0 Å². The van der Waals surface area contributed by atoms with E-state index < -0.39 is 0 Å². The van der Waals surface area contributed by atoms with E-state index in [1.54, 1.807) is 0 Å². The van der Waals surface area contributed by atoms with E-state index in [4.69, 9.17) is 0 Å². The second-order valence-corrected chi connectivity index (χ2v) is 6.24. The van der Waals surface area contributed by atoms with Gasteiger partial charge in [-0.25, -0.2) is 4.98 Å². The smallest absolute Gasteiger partial charge is 0.208 e. The highest BCUT2D eigenvalue weighted by Gasteiger charge is 2.28. The van der Waals surface area contributed by atoms with Gasteiger partial charge in [-0.15, -0.1) is 5.10 Å². The molecular weight excluding hydrogens is 272 g/mol. The maximum Gasteiger partial charge on any atom is 0.208 e. The Morgan fingerprint density at radius 2 is 2.20 bits per heavy atom. The van der Waals surface area contributed by atoms with E-state index in [0.717, 1.165) is 17.1 Å². The number of hydrogen-bond donors (Lipinski definition) is 1. The van der Waals surface area contributed by atoms with Crippen molar-refractivity contribution in [2.75, 3.05) is 5.75 Å². The van der Waals surface area contributed by atoms with E-state index in [9.17, 15) is 4.79 Å².